The summed E-state index contributed by atoms with van der Waals surface area (Å²) >= 11 is 2.83. The molecule has 0 unspecified atom stereocenters. The monoisotopic (exact) mass is 681 g/mol. The van der Waals surface area contributed by atoms with Crippen LogP contribution >= 0.6 is 34.4 Å². The zero-order valence-electron chi connectivity index (χ0n) is 21.9. The van der Waals surface area contributed by atoms with Gasteiger partial charge < -0.3 is 19.7 Å². The fraction of sp³-hybridized carbons (Fsp3) is 0.357. The molecule has 2 saturated heterocycles. The number of ether oxygens (including phenoxy) is 2. The number of hydrogen-bond acceptors (Lipinski definition) is 7. The Kier molecular flexibility index (Phi) is 10.4. The lowest BCUT2D eigenvalue weighted by Crippen LogP contribution is -2.42. The molecule has 0 saturated carbocycles. The summed E-state index contributed by atoms with van der Waals surface area (Å²) < 4.78 is 25.2. The topological polar surface area (TPSA) is 105 Å². The highest BCUT2D eigenvalue weighted by Gasteiger charge is 2.37. The van der Waals surface area contributed by atoms with E-state index in [0.29, 0.717) is 46.0 Å². The van der Waals surface area contributed by atoms with Crippen LogP contribution in [0.3, 0.4) is 0 Å². The van der Waals surface area contributed by atoms with E-state index in [9.17, 15) is 23.6 Å². The summed E-state index contributed by atoms with van der Waals surface area (Å²) in [6, 6.07) is 8.79. The quantitative estimate of drug-likeness (QED) is 0.284. The van der Waals surface area contributed by atoms with Crippen LogP contribution in [0.4, 0.5) is 14.9 Å². The normalized spacial score (nSPS) is 16.7. The van der Waals surface area contributed by atoms with Crippen molar-refractivity contribution in [3.8, 4) is 11.5 Å². The van der Waals surface area contributed by atoms with Gasteiger partial charge in [-0.2, -0.15) is 0 Å². The molecular weight excluding hydrogens is 652 g/mol. The Labute approximate surface area is 249 Å². The summed E-state index contributed by atoms with van der Waals surface area (Å²) in [6.07, 6.45) is 5.57. The maximum atomic E-state index is 13.1. The highest BCUT2D eigenvalue weighted by molar-refractivity contribution is 14.1. The Hall–Kier alpha value is -3.13. The second-order valence-corrected chi connectivity index (χ2v) is 11.3. The Bertz CT molecular complexity index is 1310. The zero-order valence-corrected chi connectivity index (χ0v) is 24.9. The van der Waals surface area contributed by atoms with E-state index in [0.717, 1.165) is 42.3 Å². The summed E-state index contributed by atoms with van der Waals surface area (Å²) in [5.74, 6) is -0.850. The minimum absolute atomic E-state index is 0.208. The van der Waals surface area contributed by atoms with Crippen molar-refractivity contribution in [1.29, 1.82) is 0 Å². The van der Waals surface area contributed by atoms with Crippen LogP contribution in [0.15, 0.2) is 41.3 Å². The number of thioether (sulfide) groups is 1. The molecule has 12 heteroatoms. The molecule has 1 N–H and O–H groups in total. The van der Waals surface area contributed by atoms with Crippen molar-refractivity contribution in [3.63, 3.8) is 0 Å². The van der Waals surface area contributed by atoms with Crippen molar-refractivity contribution in [2.45, 2.75) is 32.6 Å². The number of hydrogen-bond donors (Lipinski definition) is 1. The van der Waals surface area contributed by atoms with Gasteiger partial charge in [0.05, 0.1) is 15.1 Å². The largest absolute Gasteiger partial charge is 0.490 e. The first kappa shape index (κ1) is 29.8. The van der Waals surface area contributed by atoms with Gasteiger partial charge in [-0.05, 0) is 102 Å². The highest BCUT2D eigenvalue weighted by atomic mass is 127. The molecule has 2 aromatic carbocycles. The molecule has 0 aromatic heterocycles. The van der Waals surface area contributed by atoms with Gasteiger partial charge in [0, 0.05) is 18.8 Å². The highest BCUT2D eigenvalue weighted by Crippen LogP contribution is 2.37. The molecule has 0 radical (unpaired) electrons. The molecule has 4 rings (SSSR count). The zero-order chi connectivity index (χ0) is 28.6. The van der Waals surface area contributed by atoms with Gasteiger partial charge in [-0.1, -0.05) is 12.8 Å². The minimum atomic E-state index is -0.510. The lowest BCUT2D eigenvalue weighted by molar-refractivity contribution is -0.135. The first-order valence-corrected chi connectivity index (χ1v) is 14.8. The second-order valence-electron chi connectivity index (χ2n) is 9.17. The summed E-state index contributed by atoms with van der Waals surface area (Å²) in [7, 11) is 0. The predicted octanol–water partition coefficient (Wildman–Crippen LogP) is 5.29. The average Bonchev–Trinajstić information content (AvgIpc) is 3.10. The number of nitrogens with one attached hydrogen (secondary N) is 1. The van der Waals surface area contributed by atoms with Gasteiger partial charge >= 0.3 is 0 Å². The third-order valence-electron chi connectivity index (χ3n) is 6.23. The number of nitrogens with zero attached hydrogens (tertiary/aromatic N) is 2. The fourth-order valence-corrected chi connectivity index (χ4v) is 5.90. The summed E-state index contributed by atoms with van der Waals surface area (Å²) in [5.41, 5.74) is 1.03. The number of rotatable bonds is 9. The van der Waals surface area contributed by atoms with Crippen molar-refractivity contribution >= 4 is 69.1 Å². The van der Waals surface area contributed by atoms with Crippen LogP contribution in [-0.2, 0) is 14.4 Å². The summed E-state index contributed by atoms with van der Waals surface area (Å²) in [6.45, 7) is 2.84. The number of carbonyl (C=O) groups excluding carboxylic acids is 4. The molecule has 0 atom stereocenters. The van der Waals surface area contributed by atoms with E-state index in [-0.39, 0.29) is 24.0 Å². The van der Waals surface area contributed by atoms with Gasteiger partial charge in [0.1, 0.15) is 12.4 Å². The van der Waals surface area contributed by atoms with Crippen LogP contribution in [0.2, 0.25) is 0 Å². The third-order valence-corrected chi connectivity index (χ3v) is 7.94. The van der Waals surface area contributed by atoms with E-state index in [1.807, 2.05) is 22.6 Å². The molecule has 212 valence electrons. The Morgan fingerprint density at radius 3 is 2.45 bits per heavy atom. The van der Waals surface area contributed by atoms with Crippen LogP contribution in [-0.4, -0.2) is 65.6 Å². The second kappa shape index (κ2) is 14.0. The minimum Gasteiger partial charge on any atom is -0.490 e. The number of carbonyl (C=O) groups is 4. The van der Waals surface area contributed by atoms with Gasteiger partial charge in [-0.25, -0.2) is 4.39 Å². The van der Waals surface area contributed by atoms with E-state index in [2.05, 4.69) is 5.32 Å². The van der Waals surface area contributed by atoms with Crippen LogP contribution in [0.1, 0.15) is 38.2 Å². The summed E-state index contributed by atoms with van der Waals surface area (Å²) in [5, 5.41) is 2.15. The molecule has 9 nitrogen and oxygen atoms in total. The van der Waals surface area contributed by atoms with E-state index < -0.39 is 22.9 Å². The molecule has 40 heavy (non-hydrogen) atoms. The van der Waals surface area contributed by atoms with Crippen molar-refractivity contribution < 1.29 is 33.0 Å². The Morgan fingerprint density at radius 1 is 1.07 bits per heavy atom. The number of imide groups is 1. The van der Waals surface area contributed by atoms with Crippen molar-refractivity contribution in [3.05, 3.63) is 56.3 Å². The SMILES string of the molecule is CCOc1cc(C=C2SC(=O)N(CC(=O)N3CCCCCC3)C2=O)cc(I)c1OCC(=O)Nc1ccc(F)cc1. The number of likely N-dealkylation sites (tertiary alicyclic amines) is 1. The van der Waals surface area contributed by atoms with Crippen LogP contribution < -0.4 is 14.8 Å². The molecule has 2 aromatic rings. The number of anilines is 1. The van der Waals surface area contributed by atoms with Gasteiger partial charge in [0.2, 0.25) is 5.91 Å². The maximum absolute atomic E-state index is 13.1. The molecule has 0 spiro atoms. The first-order chi connectivity index (χ1) is 19.2. The molecule has 2 aliphatic rings. The lowest BCUT2D eigenvalue weighted by atomic mass is 10.2. The molecule has 0 bridgehead atoms. The van der Waals surface area contributed by atoms with E-state index >= 15 is 0 Å². The Balaban J connectivity index is 1.44. The number of benzene rings is 2. The molecule has 2 aliphatic heterocycles. The first-order valence-electron chi connectivity index (χ1n) is 12.9. The Morgan fingerprint density at radius 2 is 1.77 bits per heavy atom. The van der Waals surface area contributed by atoms with Gasteiger partial charge in [-0.15, -0.1) is 0 Å². The fourth-order valence-electron chi connectivity index (χ4n) is 4.29. The predicted molar refractivity (Wildman–Crippen MR) is 159 cm³/mol. The van der Waals surface area contributed by atoms with Crippen molar-refractivity contribution in [2.75, 3.05) is 38.2 Å². The molecular formula is C28H29FIN3O6S. The van der Waals surface area contributed by atoms with Gasteiger partial charge in [0.25, 0.3) is 17.1 Å². The lowest BCUT2D eigenvalue weighted by Gasteiger charge is -2.22. The number of halogens is 2. The van der Waals surface area contributed by atoms with E-state index in [1.54, 1.807) is 30.0 Å². The molecule has 0 aliphatic carbocycles. The summed E-state index contributed by atoms with van der Waals surface area (Å²) in [4.78, 5) is 53.7. The van der Waals surface area contributed by atoms with Crippen LogP contribution in [0.25, 0.3) is 6.08 Å². The van der Waals surface area contributed by atoms with Gasteiger partial charge in [0.15, 0.2) is 18.1 Å². The molecule has 2 fully saturated rings. The van der Waals surface area contributed by atoms with Crippen LogP contribution in [0.5, 0.6) is 11.5 Å². The smallest absolute Gasteiger partial charge is 0.294 e. The van der Waals surface area contributed by atoms with Crippen molar-refractivity contribution in [1.82, 2.24) is 9.80 Å². The standard InChI is InChI=1S/C28H29FIN3O6S/c1-2-38-22-14-18(13-21(30)26(22)39-17-24(34)31-20-9-7-19(29)8-10-20)15-23-27(36)33(28(37)40-23)16-25(35)32-11-5-3-4-6-12-32/h7-10,13-15H,2-6,11-12,16-17H2,1H3,(H,31,34). The molecule has 4 amide bonds. The third kappa shape index (κ3) is 7.74. The van der Waals surface area contributed by atoms with Crippen LogP contribution in [0, 0.1) is 9.39 Å². The maximum Gasteiger partial charge on any atom is 0.294 e. The van der Waals surface area contributed by atoms with Gasteiger partial charge in [-0.3, -0.25) is 24.1 Å². The van der Waals surface area contributed by atoms with E-state index in [4.69, 9.17) is 9.47 Å². The molecule has 2 heterocycles. The van der Waals surface area contributed by atoms with Crippen molar-refractivity contribution in [2.24, 2.45) is 0 Å². The average molecular weight is 682 g/mol. The number of amides is 4. The van der Waals surface area contributed by atoms with E-state index in [1.165, 1.54) is 24.3 Å².